The summed E-state index contributed by atoms with van der Waals surface area (Å²) in [4.78, 5) is 15.7. The lowest BCUT2D eigenvalue weighted by Gasteiger charge is -2.18. The Morgan fingerprint density at radius 1 is 1.15 bits per heavy atom. The van der Waals surface area contributed by atoms with Crippen LogP contribution in [-0.4, -0.2) is 17.5 Å². The summed E-state index contributed by atoms with van der Waals surface area (Å²) in [6, 6.07) is 8.33. The van der Waals surface area contributed by atoms with Crippen molar-refractivity contribution in [1.29, 1.82) is 0 Å². The predicted molar refractivity (Wildman–Crippen MR) is 75.8 cm³/mol. The summed E-state index contributed by atoms with van der Waals surface area (Å²) >= 11 is 0. The molecule has 2 aliphatic heterocycles. The lowest BCUT2D eigenvalue weighted by molar-refractivity contribution is -0.115. The Labute approximate surface area is 116 Å². The summed E-state index contributed by atoms with van der Waals surface area (Å²) in [6.45, 7) is 0.789. The van der Waals surface area contributed by atoms with E-state index in [0.717, 1.165) is 41.9 Å². The smallest absolute Gasteiger partial charge is 0.230 e. The van der Waals surface area contributed by atoms with E-state index in [1.807, 2.05) is 6.07 Å². The first-order valence-corrected chi connectivity index (χ1v) is 6.84. The van der Waals surface area contributed by atoms with Gasteiger partial charge in [0.15, 0.2) is 0 Å². The minimum Gasteiger partial charge on any atom is -0.493 e. The van der Waals surface area contributed by atoms with E-state index in [1.54, 1.807) is 6.20 Å². The molecule has 1 N–H and O–H groups in total. The van der Waals surface area contributed by atoms with E-state index in [-0.39, 0.29) is 5.91 Å². The van der Waals surface area contributed by atoms with Gasteiger partial charge in [0.25, 0.3) is 0 Å². The van der Waals surface area contributed by atoms with Crippen LogP contribution in [0.5, 0.6) is 5.75 Å². The molecule has 2 aromatic rings. The summed E-state index contributed by atoms with van der Waals surface area (Å²) < 4.78 is 5.71. The number of rotatable bonds is 1. The Morgan fingerprint density at radius 2 is 2.10 bits per heavy atom. The zero-order valence-electron chi connectivity index (χ0n) is 11.0. The van der Waals surface area contributed by atoms with E-state index < -0.39 is 0 Å². The number of nitrogens with one attached hydrogen (secondary N) is 1. The van der Waals surface area contributed by atoms with Crippen molar-refractivity contribution in [2.45, 2.75) is 19.3 Å². The van der Waals surface area contributed by atoms with Crippen molar-refractivity contribution in [2.75, 3.05) is 11.9 Å². The number of fused-ring (bicyclic) bond motifs is 2. The number of hydrogen-bond donors (Lipinski definition) is 1. The zero-order valence-corrected chi connectivity index (χ0v) is 11.0. The number of aromatic nitrogens is 1. The minimum absolute atomic E-state index is 0.0124. The molecule has 0 saturated heterocycles. The molecule has 0 fully saturated rings. The van der Waals surface area contributed by atoms with Gasteiger partial charge in [-0.1, -0.05) is 12.1 Å². The van der Waals surface area contributed by atoms with Gasteiger partial charge in [0, 0.05) is 17.3 Å². The Morgan fingerprint density at radius 3 is 3.05 bits per heavy atom. The number of benzene rings is 1. The molecule has 0 spiro atoms. The molecule has 4 nitrogen and oxygen atoms in total. The summed E-state index contributed by atoms with van der Waals surface area (Å²) in [7, 11) is 0. The molecule has 0 radical (unpaired) electrons. The molecule has 1 aromatic heterocycles. The summed E-state index contributed by atoms with van der Waals surface area (Å²) in [5.74, 6) is 1.68. The second-order valence-corrected chi connectivity index (χ2v) is 5.23. The number of carbonyl (C=O) groups excluding carboxylic acids is 1. The van der Waals surface area contributed by atoms with E-state index >= 15 is 0 Å². The number of ether oxygens (including phenoxy) is 1. The highest BCUT2D eigenvalue weighted by Crippen LogP contribution is 2.32. The SMILES string of the molecule is O=C1Cc2cc(-c3ccc4c(c3)OCCC4)cnc2N1. The zero-order chi connectivity index (χ0) is 13.5. The Balaban J connectivity index is 1.74. The van der Waals surface area contributed by atoms with Crippen LogP contribution in [0.15, 0.2) is 30.5 Å². The van der Waals surface area contributed by atoms with Crippen molar-refractivity contribution >= 4 is 11.7 Å². The van der Waals surface area contributed by atoms with Crippen LogP contribution in [0.1, 0.15) is 17.5 Å². The van der Waals surface area contributed by atoms with Gasteiger partial charge in [-0.3, -0.25) is 4.79 Å². The Kier molecular flexibility index (Phi) is 2.49. The standard InChI is InChI=1S/C16H14N2O2/c19-15-8-12-6-13(9-17-16(12)18-15)11-4-3-10-2-1-5-20-14(10)7-11/h3-4,6-7,9H,1-2,5,8H2,(H,17,18,19). The highest BCUT2D eigenvalue weighted by Gasteiger charge is 2.19. The summed E-state index contributed by atoms with van der Waals surface area (Å²) in [5, 5.41) is 2.75. The van der Waals surface area contributed by atoms with Gasteiger partial charge in [0.1, 0.15) is 11.6 Å². The average molecular weight is 266 g/mol. The third-order valence-electron chi connectivity index (χ3n) is 3.82. The van der Waals surface area contributed by atoms with Crippen LogP contribution in [0.25, 0.3) is 11.1 Å². The monoisotopic (exact) mass is 266 g/mol. The van der Waals surface area contributed by atoms with Crippen LogP contribution in [0.2, 0.25) is 0 Å². The maximum absolute atomic E-state index is 11.4. The molecule has 100 valence electrons. The fourth-order valence-electron chi connectivity index (χ4n) is 2.78. The number of hydrogen-bond acceptors (Lipinski definition) is 3. The predicted octanol–water partition coefficient (Wildman–Crippen LogP) is 2.57. The molecule has 1 amide bonds. The lowest BCUT2D eigenvalue weighted by atomic mass is 10.00. The minimum atomic E-state index is 0.0124. The molecule has 0 unspecified atom stereocenters. The van der Waals surface area contributed by atoms with Crippen LogP contribution in [0, 0.1) is 0 Å². The van der Waals surface area contributed by atoms with Crippen LogP contribution in [0.4, 0.5) is 5.82 Å². The van der Waals surface area contributed by atoms with E-state index in [2.05, 4.69) is 28.5 Å². The molecule has 0 saturated carbocycles. The fraction of sp³-hybridized carbons (Fsp3) is 0.250. The van der Waals surface area contributed by atoms with Crippen molar-refractivity contribution in [1.82, 2.24) is 4.98 Å². The van der Waals surface area contributed by atoms with E-state index in [9.17, 15) is 4.79 Å². The van der Waals surface area contributed by atoms with Gasteiger partial charge >= 0.3 is 0 Å². The number of aryl methyl sites for hydroxylation is 1. The highest BCUT2D eigenvalue weighted by atomic mass is 16.5. The summed E-state index contributed by atoms with van der Waals surface area (Å²) in [6.07, 6.45) is 4.38. The van der Waals surface area contributed by atoms with Gasteiger partial charge in [-0.05, 0) is 36.1 Å². The average Bonchev–Trinajstić information content (AvgIpc) is 2.85. The van der Waals surface area contributed by atoms with Gasteiger partial charge in [-0.25, -0.2) is 4.98 Å². The first-order valence-electron chi connectivity index (χ1n) is 6.84. The largest absolute Gasteiger partial charge is 0.493 e. The molecule has 2 aliphatic rings. The van der Waals surface area contributed by atoms with Gasteiger partial charge in [-0.15, -0.1) is 0 Å². The number of anilines is 1. The third-order valence-corrected chi connectivity index (χ3v) is 3.82. The van der Waals surface area contributed by atoms with E-state index in [4.69, 9.17) is 4.74 Å². The Bertz CT molecular complexity index is 710. The van der Waals surface area contributed by atoms with E-state index in [0.29, 0.717) is 12.2 Å². The quantitative estimate of drug-likeness (QED) is 0.863. The Hall–Kier alpha value is -2.36. The van der Waals surface area contributed by atoms with Gasteiger partial charge in [-0.2, -0.15) is 0 Å². The topological polar surface area (TPSA) is 51.2 Å². The maximum Gasteiger partial charge on any atom is 0.230 e. The summed E-state index contributed by atoms with van der Waals surface area (Å²) in [5.41, 5.74) is 4.34. The number of pyridine rings is 1. The van der Waals surface area contributed by atoms with Gasteiger partial charge in [0.2, 0.25) is 5.91 Å². The fourth-order valence-corrected chi connectivity index (χ4v) is 2.78. The molecular weight excluding hydrogens is 252 g/mol. The number of amides is 1. The van der Waals surface area contributed by atoms with Crippen molar-refractivity contribution in [2.24, 2.45) is 0 Å². The first kappa shape index (κ1) is 11.5. The molecule has 0 atom stereocenters. The van der Waals surface area contributed by atoms with Crippen LogP contribution < -0.4 is 10.1 Å². The van der Waals surface area contributed by atoms with Crippen LogP contribution >= 0.6 is 0 Å². The number of nitrogens with zero attached hydrogens (tertiary/aromatic N) is 1. The van der Waals surface area contributed by atoms with Crippen molar-refractivity contribution in [3.05, 3.63) is 41.6 Å². The van der Waals surface area contributed by atoms with Crippen molar-refractivity contribution in [3.63, 3.8) is 0 Å². The molecule has 4 rings (SSSR count). The lowest BCUT2D eigenvalue weighted by Crippen LogP contribution is -2.08. The molecule has 0 bridgehead atoms. The second kappa shape index (κ2) is 4.34. The molecule has 1 aromatic carbocycles. The normalized spacial score (nSPS) is 16.1. The van der Waals surface area contributed by atoms with E-state index in [1.165, 1.54) is 5.56 Å². The maximum atomic E-state index is 11.4. The van der Waals surface area contributed by atoms with Crippen molar-refractivity contribution in [3.8, 4) is 16.9 Å². The van der Waals surface area contributed by atoms with Gasteiger partial charge < -0.3 is 10.1 Å². The molecule has 0 aliphatic carbocycles. The molecule has 4 heteroatoms. The van der Waals surface area contributed by atoms with Crippen LogP contribution in [-0.2, 0) is 17.6 Å². The third kappa shape index (κ3) is 1.84. The van der Waals surface area contributed by atoms with Gasteiger partial charge in [0.05, 0.1) is 13.0 Å². The van der Waals surface area contributed by atoms with Crippen LogP contribution in [0.3, 0.4) is 0 Å². The van der Waals surface area contributed by atoms with Crippen molar-refractivity contribution < 1.29 is 9.53 Å². The first-order chi connectivity index (χ1) is 9.79. The highest BCUT2D eigenvalue weighted by molar-refractivity contribution is 5.98. The molecule has 20 heavy (non-hydrogen) atoms. The number of carbonyl (C=O) groups is 1. The second-order valence-electron chi connectivity index (χ2n) is 5.23. The molecule has 3 heterocycles. The molecular formula is C16H14N2O2.